The topological polar surface area (TPSA) is 44.5 Å². The van der Waals surface area contributed by atoms with Crippen molar-refractivity contribution < 1.29 is 9.47 Å². The molecule has 3 heteroatoms. The third-order valence-corrected chi connectivity index (χ3v) is 3.28. The molecule has 1 aliphatic rings. The van der Waals surface area contributed by atoms with Gasteiger partial charge in [-0.1, -0.05) is 11.6 Å². The Kier molecular flexibility index (Phi) is 3.85. The van der Waals surface area contributed by atoms with Crippen molar-refractivity contribution in [3.63, 3.8) is 0 Å². The number of fused-ring (bicyclic) bond motifs is 1. The van der Waals surface area contributed by atoms with E-state index < -0.39 is 0 Å². The third-order valence-electron chi connectivity index (χ3n) is 3.28. The Morgan fingerprint density at radius 2 is 2.26 bits per heavy atom. The van der Waals surface area contributed by atoms with Crippen molar-refractivity contribution in [1.29, 1.82) is 0 Å². The van der Waals surface area contributed by atoms with Gasteiger partial charge < -0.3 is 15.2 Å². The minimum absolute atomic E-state index is 0.0308. The van der Waals surface area contributed by atoms with Gasteiger partial charge in [0.15, 0.2) is 0 Å². The summed E-state index contributed by atoms with van der Waals surface area (Å²) in [5, 5.41) is 0. The quantitative estimate of drug-likeness (QED) is 0.842. The highest BCUT2D eigenvalue weighted by atomic mass is 16.5. The van der Waals surface area contributed by atoms with E-state index in [-0.39, 0.29) is 11.6 Å². The van der Waals surface area contributed by atoms with Crippen LogP contribution < -0.4 is 15.2 Å². The lowest BCUT2D eigenvalue weighted by Gasteiger charge is -2.36. The van der Waals surface area contributed by atoms with Crippen LogP contribution in [0.15, 0.2) is 30.4 Å². The Labute approximate surface area is 115 Å². The zero-order valence-electron chi connectivity index (χ0n) is 12.0. The van der Waals surface area contributed by atoms with E-state index in [1.165, 1.54) is 0 Å². The lowest BCUT2D eigenvalue weighted by molar-refractivity contribution is 0.0724. The van der Waals surface area contributed by atoms with Crippen LogP contribution in [-0.4, -0.2) is 12.2 Å². The highest BCUT2D eigenvalue weighted by Gasteiger charge is 2.31. The summed E-state index contributed by atoms with van der Waals surface area (Å²) in [5.41, 5.74) is 8.14. The molecule has 1 atom stereocenters. The van der Waals surface area contributed by atoms with E-state index in [2.05, 4.69) is 20.4 Å². The van der Waals surface area contributed by atoms with Crippen molar-refractivity contribution in [2.75, 3.05) is 6.61 Å². The van der Waals surface area contributed by atoms with Gasteiger partial charge in [-0.3, -0.25) is 0 Å². The van der Waals surface area contributed by atoms with Crippen LogP contribution in [0.2, 0.25) is 0 Å². The van der Waals surface area contributed by atoms with Gasteiger partial charge in [-0.05, 0) is 26.8 Å². The maximum atomic E-state index is 6.18. The van der Waals surface area contributed by atoms with Gasteiger partial charge in [0.1, 0.15) is 17.1 Å². The molecular weight excluding hydrogens is 238 g/mol. The first-order chi connectivity index (χ1) is 8.87. The van der Waals surface area contributed by atoms with Crippen molar-refractivity contribution in [3.05, 3.63) is 35.9 Å². The fourth-order valence-electron chi connectivity index (χ4n) is 2.32. The molecule has 0 saturated carbocycles. The largest absolute Gasteiger partial charge is 0.493 e. The number of rotatable bonds is 4. The molecule has 19 heavy (non-hydrogen) atoms. The van der Waals surface area contributed by atoms with Gasteiger partial charge in [-0.25, -0.2) is 0 Å². The van der Waals surface area contributed by atoms with E-state index in [1.54, 1.807) is 0 Å². The summed E-state index contributed by atoms with van der Waals surface area (Å²) in [6, 6.07) is 5.93. The van der Waals surface area contributed by atoms with Crippen LogP contribution in [0.3, 0.4) is 0 Å². The van der Waals surface area contributed by atoms with Crippen molar-refractivity contribution in [1.82, 2.24) is 0 Å². The lowest BCUT2D eigenvalue weighted by atomic mass is 9.90. The number of nitrogens with two attached hydrogens (primary N) is 1. The molecule has 1 unspecified atom stereocenters. The lowest BCUT2D eigenvalue weighted by Crippen LogP contribution is -2.37. The van der Waals surface area contributed by atoms with E-state index in [0.717, 1.165) is 35.5 Å². The van der Waals surface area contributed by atoms with Crippen LogP contribution in [-0.2, 0) is 0 Å². The standard InChI is InChI=1S/C16H23NO2/c1-11(2)7-8-18-12-5-6-13-14(17)10-16(3,4)19-15(13)9-12/h5-6,9,14H,1,7-8,10,17H2,2-4H3. The fraction of sp³-hybridized carbons (Fsp3) is 0.500. The van der Waals surface area contributed by atoms with Crippen LogP contribution in [0.4, 0.5) is 0 Å². The Morgan fingerprint density at radius 3 is 2.95 bits per heavy atom. The molecule has 0 aliphatic carbocycles. The fourth-order valence-corrected chi connectivity index (χ4v) is 2.32. The summed E-state index contributed by atoms with van der Waals surface area (Å²) in [6.45, 7) is 10.6. The molecule has 0 bridgehead atoms. The van der Waals surface area contributed by atoms with Gasteiger partial charge in [-0.2, -0.15) is 0 Å². The number of benzene rings is 1. The van der Waals surface area contributed by atoms with Gasteiger partial charge in [-0.15, -0.1) is 6.58 Å². The molecule has 0 saturated heterocycles. The molecule has 2 rings (SSSR count). The van der Waals surface area contributed by atoms with Crippen LogP contribution >= 0.6 is 0 Å². The second-order valence-corrected chi connectivity index (χ2v) is 5.93. The highest BCUT2D eigenvalue weighted by Crippen LogP contribution is 2.39. The van der Waals surface area contributed by atoms with Crippen LogP contribution in [0, 0.1) is 0 Å². The van der Waals surface area contributed by atoms with Gasteiger partial charge in [0.25, 0.3) is 0 Å². The summed E-state index contributed by atoms with van der Waals surface area (Å²) in [5.74, 6) is 1.67. The Morgan fingerprint density at radius 1 is 1.53 bits per heavy atom. The molecule has 3 nitrogen and oxygen atoms in total. The molecular formula is C16H23NO2. The first-order valence-electron chi connectivity index (χ1n) is 6.73. The Bertz CT molecular complexity index is 480. The second-order valence-electron chi connectivity index (χ2n) is 5.93. The molecule has 0 fully saturated rings. The summed E-state index contributed by atoms with van der Waals surface area (Å²) < 4.78 is 11.7. The molecule has 1 aromatic carbocycles. The summed E-state index contributed by atoms with van der Waals surface area (Å²) >= 11 is 0. The van der Waals surface area contributed by atoms with Gasteiger partial charge >= 0.3 is 0 Å². The zero-order chi connectivity index (χ0) is 14.0. The molecule has 0 radical (unpaired) electrons. The molecule has 0 amide bonds. The second kappa shape index (κ2) is 5.25. The minimum Gasteiger partial charge on any atom is -0.493 e. The van der Waals surface area contributed by atoms with E-state index in [9.17, 15) is 0 Å². The smallest absolute Gasteiger partial charge is 0.128 e. The number of ether oxygens (including phenoxy) is 2. The molecule has 0 spiro atoms. The van der Waals surface area contributed by atoms with Crippen molar-refractivity contribution in [2.24, 2.45) is 5.73 Å². The Hall–Kier alpha value is -1.48. The first-order valence-corrected chi connectivity index (χ1v) is 6.73. The van der Waals surface area contributed by atoms with Crippen LogP contribution in [0.25, 0.3) is 0 Å². The highest BCUT2D eigenvalue weighted by molar-refractivity contribution is 5.44. The molecule has 0 aromatic heterocycles. The van der Waals surface area contributed by atoms with Gasteiger partial charge in [0, 0.05) is 30.5 Å². The molecule has 2 N–H and O–H groups in total. The van der Waals surface area contributed by atoms with Crippen molar-refractivity contribution in [2.45, 2.75) is 45.3 Å². The average Bonchev–Trinajstić information content (AvgIpc) is 2.26. The van der Waals surface area contributed by atoms with E-state index >= 15 is 0 Å². The van der Waals surface area contributed by atoms with Crippen LogP contribution in [0.1, 0.15) is 45.2 Å². The SMILES string of the molecule is C=C(C)CCOc1ccc2c(c1)OC(C)(C)CC2N. The van der Waals surface area contributed by atoms with E-state index in [4.69, 9.17) is 15.2 Å². The van der Waals surface area contributed by atoms with Gasteiger partial charge in [0.2, 0.25) is 0 Å². The molecule has 1 aliphatic heterocycles. The third kappa shape index (κ3) is 3.51. The van der Waals surface area contributed by atoms with E-state index in [1.807, 2.05) is 25.1 Å². The normalized spacial score (nSPS) is 20.3. The molecule has 1 aromatic rings. The van der Waals surface area contributed by atoms with E-state index in [0.29, 0.717) is 6.61 Å². The monoisotopic (exact) mass is 261 g/mol. The predicted octanol–water partition coefficient (Wildman–Crippen LogP) is 3.59. The first kappa shape index (κ1) is 13.9. The number of hydrogen-bond donors (Lipinski definition) is 1. The maximum Gasteiger partial charge on any atom is 0.128 e. The Balaban J connectivity index is 2.12. The summed E-state index contributed by atoms with van der Waals surface area (Å²) in [7, 11) is 0. The van der Waals surface area contributed by atoms with Crippen molar-refractivity contribution in [3.8, 4) is 11.5 Å². The van der Waals surface area contributed by atoms with Crippen LogP contribution in [0.5, 0.6) is 11.5 Å². The average molecular weight is 261 g/mol. The summed E-state index contributed by atoms with van der Waals surface area (Å²) in [6.07, 6.45) is 1.69. The minimum atomic E-state index is -0.219. The van der Waals surface area contributed by atoms with Gasteiger partial charge in [0.05, 0.1) is 6.61 Å². The number of hydrogen-bond acceptors (Lipinski definition) is 3. The molecule has 1 heterocycles. The van der Waals surface area contributed by atoms with Crippen molar-refractivity contribution >= 4 is 0 Å². The zero-order valence-corrected chi connectivity index (χ0v) is 12.0. The maximum absolute atomic E-state index is 6.18. The molecule has 104 valence electrons. The predicted molar refractivity (Wildman–Crippen MR) is 77.6 cm³/mol. The summed E-state index contributed by atoms with van der Waals surface area (Å²) in [4.78, 5) is 0.